The van der Waals surface area contributed by atoms with Gasteiger partial charge in [-0.25, -0.2) is 8.42 Å². The first kappa shape index (κ1) is 13.0. The molecule has 6 heteroatoms. The van der Waals surface area contributed by atoms with E-state index in [9.17, 15) is 13.2 Å². The highest BCUT2D eigenvalue weighted by atomic mass is 32.2. The third kappa shape index (κ3) is 2.39. The Labute approximate surface area is 106 Å². The Morgan fingerprint density at radius 2 is 2.00 bits per heavy atom. The van der Waals surface area contributed by atoms with Crippen LogP contribution in [0.15, 0.2) is 29.2 Å². The van der Waals surface area contributed by atoms with Crippen LogP contribution in [0.2, 0.25) is 0 Å². The highest BCUT2D eigenvalue weighted by Gasteiger charge is 2.37. The number of sulfonamides is 1. The Bertz CT molecular complexity index is 561. The molecule has 1 fully saturated rings. The van der Waals surface area contributed by atoms with Crippen molar-refractivity contribution >= 4 is 16.0 Å². The van der Waals surface area contributed by atoms with Crippen molar-refractivity contribution in [1.82, 2.24) is 4.31 Å². The summed E-state index contributed by atoms with van der Waals surface area (Å²) in [5.41, 5.74) is 0.708. The topological polar surface area (TPSA) is 74.7 Å². The summed E-state index contributed by atoms with van der Waals surface area (Å²) in [7, 11) is -3.46. The van der Waals surface area contributed by atoms with Gasteiger partial charge in [-0.05, 0) is 24.5 Å². The van der Waals surface area contributed by atoms with Gasteiger partial charge >= 0.3 is 5.97 Å². The number of hydrogen-bond donors (Lipinski definition) is 1. The van der Waals surface area contributed by atoms with E-state index >= 15 is 0 Å². The van der Waals surface area contributed by atoms with Gasteiger partial charge in [0.05, 0.1) is 11.3 Å². The van der Waals surface area contributed by atoms with Crippen LogP contribution >= 0.6 is 0 Å². The molecule has 0 aliphatic carbocycles. The molecule has 18 heavy (non-hydrogen) atoms. The van der Waals surface area contributed by atoms with E-state index in [-0.39, 0.29) is 12.3 Å². The molecule has 0 spiro atoms. The molecule has 2 rings (SSSR count). The smallest absolute Gasteiger partial charge is 0.303 e. The van der Waals surface area contributed by atoms with Crippen molar-refractivity contribution in [3.05, 3.63) is 29.8 Å². The summed E-state index contributed by atoms with van der Waals surface area (Å²) in [5.74, 6) is -0.950. The lowest BCUT2D eigenvalue weighted by Crippen LogP contribution is -2.50. The van der Waals surface area contributed by atoms with Crippen molar-refractivity contribution in [3.8, 4) is 0 Å². The number of nitrogens with zero attached hydrogens (tertiary/aromatic N) is 1. The van der Waals surface area contributed by atoms with E-state index in [1.54, 1.807) is 31.2 Å². The molecule has 1 aromatic carbocycles. The fourth-order valence-electron chi connectivity index (χ4n) is 2.08. The molecule has 0 radical (unpaired) electrons. The standard InChI is InChI=1S/C12H15NO4S/c1-9-4-2-3-5-11(9)18(16,17)13-7-10(8-13)6-12(14)15/h2-5,10H,6-8H2,1H3,(H,14,15). The van der Waals surface area contributed by atoms with Crippen LogP contribution in [-0.4, -0.2) is 36.9 Å². The zero-order chi connectivity index (χ0) is 13.3. The number of hydrogen-bond acceptors (Lipinski definition) is 3. The van der Waals surface area contributed by atoms with E-state index in [0.717, 1.165) is 0 Å². The third-order valence-electron chi connectivity index (χ3n) is 3.10. The molecule has 5 nitrogen and oxygen atoms in total. The molecule has 1 aliphatic rings. The molecular formula is C12H15NO4S. The lowest BCUT2D eigenvalue weighted by molar-refractivity contribution is -0.139. The fraction of sp³-hybridized carbons (Fsp3) is 0.417. The monoisotopic (exact) mass is 269 g/mol. The summed E-state index contributed by atoms with van der Waals surface area (Å²) < 4.78 is 25.8. The highest BCUT2D eigenvalue weighted by Crippen LogP contribution is 2.28. The van der Waals surface area contributed by atoms with Crippen LogP contribution in [-0.2, 0) is 14.8 Å². The molecular weight excluding hydrogens is 254 g/mol. The van der Waals surface area contributed by atoms with Crippen molar-refractivity contribution in [2.45, 2.75) is 18.2 Å². The second-order valence-electron chi connectivity index (χ2n) is 4.55. The maximum Gasteiger partial charge on any atom is 0.303 e. The molecule has 0 atom stereocenters. The predicted octanol–water partition coefficient (Wildman–Crippen LogP) is 1.09. The third-order valence-corrected chi connectivity index (χ3v) is 5.09. The first-order chi connectivity index (χ1) is 8.41. The molecule has 1 heterocycles. The fourth-order valence-corrected chi connectivity index (χ4v) is 3.90. The maximum atomic E-state index is 12.2. The first-order valence-corrected chi connectivity index (χ1v) is 7.13. The van der Waals surface area contributed by atoms with Gasteiger partial charge in [0.2, 0.25) is 10.0 Å². The SMILES string of the molecule is Cc1ccccc1S(=O)(=O)N1CC(CC(=O)O)C1. The van der Waals surface area contributed by atoms with Gasteiger partial charge < -0.3 is 5.11 Å². The van der Waals surface area contributed by atoms with E-state index in [4.69, 9.17) is 5.11 Å². The highest BCUT2D eigenvalue weighted by molar-refractivity contribution is 7.89. The van der Waals surface area contributed by atoms with Crippen molar-refractivity contribution < 1.29 is 18.3 Å². The minimum atomic E-state index is -3.46. The summed E-state index contributed by atoms with van der Waals surface area (Å²) in [6.07, 6.45) is 0.0276. The molecule has 0 saturated carbocycles. The molecule has 98 valence electrons. The van der Waals surface area contributed by atoms with Crippen LogP contribution in [0.3, 0.4) is 0 Å². The van der Waals surface area contributed by atoms with Crippen LogP contribution < -0.4 is 0 Å². The minimum Gasteiger partial charge on any atom is -0.481 e. The van der Waals surface area contributed by atoms with Crippen molar-refractivity contribution in [2.75, 3.05) is 13.1 Å². The van der Waals surface area contributed by atoms with Crippen molar-refractivity contribution in [3.63, 3.8) is 0 Å². The van der Waals surface area contributed by atoms with Gasteiger partial charge in [0, 0.05) is 13.1 Å². The summed E-state index contributed by atoms with van der Waals surface area (Å²) in [5, 5.41) is 8.63. The molecule has 1 saturated heterocycles. The normalized spacial score (nSPS) is 17.4. The Balaban J connectivity index is 2.11. The van der Waals surface area contributed by atoms with Gasteiger partial charge in [0.1, 0.15) is 0 Å². The van der Waals surface area contributed by atoms with E-state index in [0.29, 0.717) is 23.5 Å². The number of carboxylic acids is 1. The zero-order valence-corrected chi connectivity index (χ0v) is 10.9. The lowest BCUT2D eigenvalue weighted by Gasteiger charge is -2.37. The van der Waals surface area contributed by atoms with Crippen LogP contribution in [0.4, 0.5) is 0 Å². The average molecular weight is 269 g/mol. The lowest BCUT2D eigenvalue weighted by atomic mass is 10.00. The number of carbonyl (C=O) groups is 1. The predicted molar refractivity (Wildman–Crippen MR) is 65.7 cm³/mol. The van der Waals surface area contributed by atoms with Gasteiger partial charge in [-0.3, -0.25) is 4.79 Å². The Hall–Kier alpha value is -1.40. The van der Waals surface area contributed by atoms with Gasteiger partial charge in [-0.15, -0.1) is 0 Å². The molecule has 0 bridgehead atoms. The number of rotatable bonds is 4. The quantitative estimate of drug-likeness (QED) is 0.888. The first-order valence-electron chi connectivity index (χ1n) is 5.69. The zero-order valence-electron chi connectivity index (χ0n) is 10.0. The van der Waals surface area contributed by atoms with Crippen molar-refractivity contribution in [1.29, 1.82) is 0 Å². The van der Waals surface area contributed by atoms with Gasteiger partial charge in [-0.1, -0.05) is 18.2 Å². The van der Waals surface area contributed by atoms with Crippen LogP contribution in [0, 0.1) is 12.8 Å². The molecule has 0 unspecified atom stereocenters. The van der Waals surface area contributed by atoms with E-state index in [1.165, 1.54) is 4.31 Å². The molecule has 1 aromatic rings. The summed E-state index contributed by atoms with van der Waals surface area (Å²) in [6.45, 7) is 2.34. The number of carboxylic acid groups (broad SMARTS) is 1. The van der Waals surface area contributed by atoms with E-state index < -0.39 is 16.0 Å². The molecule has 1 N–H and O–H groups in total. The second kappa shape index (κ2) is 4.70. The van der Waals surface area contributed by atoms with E-state index in [2.05, 4.69) is 0 Å². The van der Waals surface area contributed by atoms with Crippen LogP contribution in [0.5, 0.6) is 0 Å². The molecule has 0 aromatic heterocycles. The Morgan fingerprint density at radius 1 is 1.39 bits per heavy atom. The molecule has 1 aliphatic heterocycles. The maximum absolute atomic E-state index is 12.2. The van der Waals surface area contributed by atoms with Gasteiger partial charge in [0.15, 0.2) is 0 Å². The summed E-state index contributed by atoms with van der Waals surface area (Å²) in [4.78, 5) is 10.8. The van der Waals surface area contributed by atoms with Gasteiger partial charge in [0.25, 0.3) is 0 Å². The largest absolute Gasteiger partial charge is 0.481 e. The number of aliphatic carboxylic acids is 1. The van der Waals surface area contributed by atoms with Crippen LogP contribution in [0.25, 0.3) is 0 Å². The minimum absolute atomic E-state index is 0.0276. The second-order valence-corrected chi connectivity index (χ2v) is 6.46. The van der Waals surface area contributed by atoms with Crippen LogP contribution in [0.1, 0.15) is 12.0 Å². The summed E-state index contributed by atoms with van der Waals surface area (Å²) in [6, 6.07) is 6.81. The van der Waals surface area contributed by atoms with E-state index in [1.807, 2.05) is 0 Å². The average Bonchev–Trinajstić information content (AvgIpc) is 2.22. The Morgan fingerprint density at radius 3 is 2.56 bits per heavy atom. The Kier molecular flexibility index (Phi) is 3.41. The van der Waals surface area contributed by atoms with Crippen molar-refractivity contribution in [2.24, 2.45) is 5.92 Å². The summed E-state index contributed by atoms with van der Waals surface area (Å²) >= 11 is 0. The molecule has 0 amide bonds. The van der Waals surface area contributed by atoms with Gasteiger partial charge in [-0.2, -0.15) is 4.31 Å². The number of benzene rings is 1. The number of aryl methyl sites for hydroxylation is 1.